The fraction of sp³-hybridized carbons (Fsp3) is 0.400. The number of nitrogen functional groups attached to an aromatic ring is 1. The molecule has 2 aliphatic rings. The van der Waals surface area contributed by atoms with Gasteiger partial charge in [-0.2, -0.15) is 0 Å². The first-order valence-corrected chi connectivity index (χ1v) is 7.37. The zero-order chi connectivity index (χ0) is 15.7. The van der Waals surface area contributed by atoms with Crippen molar-refractivity contribution >= 4 is 17.5 Å². The molecule has 0 aromatic carbocycles. The molecule has 0 amide bonds. The monoisotopic (exact) mass is 299 g/mol. The molecule has 0 bridgehead atoms. The molecule has 0 spiro atoms. The lowest BCUT2D eigenvalue weighted by molar-refractivity contribution is 0.607. The maximum Gasteiger partial charge on any atom is 0.148 e. The SMILES string of the molecule is CC(C)n1cnc(C(N)=NCC2=NC3C=CC=CC3N2)c1N. The van der Waals surface area contributed by atoms with Crippen LogP contribution < -0.4 is 16.8 Å². The molecule has 2 unspecified atom stereocenters. The summed E-state index contributed by atoms with van der Waals surface area (Å²) in [6.07, 6.45) is 9.87. The Morgan fingerprint density at radius 2 is 2.18 bits per heavy atom. The number of hydrogen-bond acceptors (Lipinski definition) is 5. The van der Waals surface area contributed by atoms with E-state index in [1.54, 1.807) is 6.33 Å². The van der Waals surface area contributed by atoms with Gasteiger partial charge in [-0.1, -0.05) is 24.3 Å². The van der Waals surface area contributed by atoms with Crippen LogP contribution >= 0.6 is 0 Å². The van der Waals surface area contributed by atoms with Gasteiger partial charge in [0.25, 0.3) is 0 Å². The number of amidine groups is 2. The second-order valence-corrected chi connectivity index (χ2v) is 5.69. The van der Waals surface area contributed by atoms with Gasteiger partial charge >= 0.3 is 0 Å². The van der Waals surface area contributed by atoms with Gasteiger partial charge in [-0.3, -0.25) is 9.98 Å². The molecule has 22 heavy (non-hydrogen) atoms. The average Bonchev–Trinajstić information content (AvgIpc) is 3.07. The summed E-state index contributed by atoms with van der Waals surface area (Å²) in [6.45, 7) is 4.47. The number of nitrogens with one attached hydrogen (secondary N) is 1. The Kier molecular flexibility index (Phi) is 3.70. The summed E-state index contributed by atoms with van der Waals surface area (Å²) in [4.78, 5) is 13.2. The van der Waals surface area contributed by atoms with Crippen molar-refractivity contribution in [2.24, 2.45) is 15.7 Å². The fourth-order valence-electron chi connectivity index (χ4n) is 2.56. The molecule has 1 aromatic rings. The van der Waals surface area contributed by atoms with E-state index in [1.807, 2.05) is 30.6 Å². The van der Waals surface area contributed by atoms with E-state index in [1.165, 1.54) is 0 Å². The smallest absolute Gasteiger partial charge is 0.148 e. The van der Waals surface area contributed by atoms with Crippen LogP contribution in [-0.2, 0) is 0 Å². The molecule has 7 heteroatoms. The Hall–Kier alpha value is -2.57. The summed E-state index contributed by atoms with van der Waals surface area (Å²) in [5, 5.41) is 3.33. The lowest BCUT2D eigenvalue weighted by atomic mass is 10.1. The molecule has 7 nitrogen and oxygen atoms in total. The second kappa shape index (κ2) is 5.67. The van der Waals surface area contributed by atoms with E-state index in [2.05, 4.69) is 32.4 Å². The van der Waals surface area contributed by atoms with Crippen molar-refractivity contribution in [3.8, 4) is 0 Å². The van der Waals surface area contributed by atoms with Gasteiger partial charge in [0.2, 0.25) is 0 Å². The Balaban J connectivity index is 1.71. The number of aromatic nitrogens is 2. The minimum Gasteiger partial charge on any atom is -0.383 e. The standard InChI is InChI=1S/C15H21N7/c1-9(2)22-8-19-13(15(22)17)14(16)18-7-12-20-10-5-3-4-6-11(10)21-12/h3-6,8-11H,7,17H2,1-2H3,(H2,16,18)(H,20,21). The molecule has 1 aliphatic heterocycles. The van der Waals surface area contributed by atoms with Gasteiger partial charge in [0.15, 0.2) is 0 Å². The van der Waals surface area contributed by atoms with Crippen molar-refractivity contribution < 1.29 is 0 Å². The Morgan fingerprint density at radius 1 is 1.41 bits per heavy atom. The third kappa shape index (κ3) is 2.61. The van der Waals surface area contributed by atoms with Gasteiger partial charge in [-0.25, -0.2) is 4.98 Å². The topological polar surface area (TPSA) is 107 Å². The van der Waals surface area contributed by atoms with Crippen molar-refractivity contribution in [1.29, 1.82) is 0 Å². The summed E-state index contributed by atoms with van der Waals surface area (Å²) in [6, 6.07) is 0.611. The highest BCUT2D eigenvalue weighted by molar-refractivity contribution is 6.01. The molecule has 2 heterocycles. The first-order chi connectivity index (χ1) is 10.6. The molecule has 0 saturated heterocycles. The van der Waals surface area contributed by atoms with Crippen molar-refractivity contribution in [2.75, 3.05) is 12.3 Å². The van der Waals surface area contributed by atoms with Gasteiger partial charge in [0.05, 0.1) is 25.0 Å². The van der Waals surface area contributed by atoms with E-state index in [0.717, 1.165) is 5.84 Å². The minimum absolute atomic E-state index is 0.154. The number of hydrogen-bond donors (Lipinski definition) is 3. The molecule has 0 fully saturated rings. The number of aliphatic imine (C=N–C) groups is 2. The zero-order valence-electron chi connectivity index (χ0n) is 12.8. The van der Waals surface area contributed by atoms with E-state index in [-0.39, 0.29) is 18.1 Å². The summed E-state index contributed by atoms with van der Waals surface area (Å²) in [5.41, 5.74) is 12.6. The predicted molar refractivity (Wildman–Crippen MR) is 89.0 cm³/mol. The molecular weight excluding hydrogens is 278 g/mol. The first kappa shape index (κ1) is 14.4. The van der Waals surface area contributed by atoms with Crippen LogP contribution in [0.2, 0.25) is 0 Å². The maximum atomic E-state index is 6.06. The normalized spacial score (nSPS) is 23.6. The molecule has 5 N–H and O–H groups in total. The van der Waals surface area contributed by atoms with Crippen LogP contribution in [0.25, 0.3) is 0 Å². The molecule has 3 rings (SSSR count). The molecule has 1 aromatic heterocycles. The minimum atomic E-state index is 0.154. The highest BCUT2D eigenvalue weighted by Gasteiger charge is 2.25. The average molecular weight is 299 g/mol. The molecular formula is C15H21N7. The van der Waals surface area contributed by atoms with Crippen molar-refractivity contribution in [2.45, 2.75) is 32.0 Å². The van der Waals surface area contributed by atoms with E-state index in [4.69, 9.17) is 11.5 Å². The number of anilines is 1. The number of nitrogens with zero attached hydrogens (tertiary/aromatic N) is 4. The van der Waals surface area contributed by atoms with E-state index in [0.29, 0.717) is 23.9 Å². The van der Waals surface area contributed by atoms with Crippen LogP contribution in [0.15, 0.2) is 40.6 Å². The molecule has 0 saturated carbocycles. The summed E-state index contributed by atoms with van der Waals surface area (Å²) >= 11 is 0. The largest absolute Gasteiger partial charge is 0.383 e. The molecule has 116 valence electrons. The predicted octanol–water partition coefficient (Wildman–Crippen LogP) is 0.616. The molecule has 0 radical (unpaired) electrons. The molecule has 1 aliphatic carbocycles. The van der Waals surface area contributed by atoms with Gasteiger partial charge in [0.1, 0.15) is 23.2 Å². The van der Waals surface area contributed by atoms with Gasteiger partial charge in [-0.05, 0) is 13.8 Å². The van der Waals surface area contributed by atoms with Gasteiger partial charge < -0.3 is 21.4 Å². The van der Waals surface area contributed by atoms with E-state index in [9.17, 15) is 0 Å². The number of rotatable bonds is 4. The van der Waals surface area contributed by atoms with Gasteiger partial charge in [0, 0.05) is 6.04 Å². The highest BCUT2D eigenvalue weighted by Crippen LogP contribution is 2.16. The van der Waals surface area contributed by atoms with Crippen LogP contribution in [0, 0.1) is 0 Å². The van der Waals surface area contributed by atoms with E-state index < -0.39 is 0 Å². The summed E-state index contributed by atoms with van der Waals surface area (Å²) in [5.74, 6) is 1.70. The fourth-order valence-corrected chi connectivity index (χ4v) is 2.56. The zero-order valence-corrected chi connectivity index (χ0v) is 12.8. The second-order valence-electron chi connectivity index (χ2n) is 5.69. The first-order valence-electron chi connectivity index (χ1n) is 7.37. The Morgan fingerprint density at radius 3 is 2.86 bits per heavy atom. The number of nitrogens with two attached hydrogens (primary N) is 2. The lowest BCUT2D eigenvalue weighted by Gasteiger charge is -2.13. The quantitative estimate of drug-likeness (QED) is 0.559. The van der Waals surface area contributed by atoms with Crippen LogP contribution in [-0.4, -0.2) is 39.9 Å². The number of imidazole rings is 1. The Bertz CT molecular complexity index is 678. The van der Waals surface area contributed by atoms with E-state index >= 15 is 0 Å². The van der Waals surface area contributed by atoms with Crippen LogP contribution in [0.1, 0.15) is 25.6 Å². The maximum absolute atomic E-state index is 6.06. The molecule has 2 atom stereocenters. The summed E-state index contributed by atoms with van der Waals surface area (Å²) in [7, 11) is 0. The van der Waals surface area contributed by atoms with Crippen molar-refractivity contribution in [3.63, 3.8) is 0 Å². The van der Waals surface area contributed by atoms with Crippen LogP contribution in [0.5, 0.6) is 0 Å². The van der Waals surface area contributed by atoms with Crippen LogP contribution in [0.3, 0.4) is 0 Å². The highest BCUT2D eigenvalue weighted by atomic mass is 15.2. The van der Waals surface area contributed by atoms with Crippen molar-refractivity contribution in [1.82, 2.24) is 14.9 Å². The lowest BCUT2D eigenvalue weighted by Crippen LogP contribution is -2.34. The third-order valence-electron chi connectivity index (χ3n) is 3.77. The Labute approximate surface area is 129 Å². The number of allylic oxidation sites excluding steroid dienone is 2. The summed E-state index contributed by atoms with van der Waals surface area (Å²) < 4.78 is 1.87. The van der Waals surface area contributed by atoms with Crippen molar-refractivity contribution in [3.05, 3.63) is 36.3 Å². The van der Waals surface area contributed by atoms with Gasteiger partial charge in [-0.15, -0.1) is 0 Å². The number of fused-ring (bicyclic) bond motifs is 1. The third-order valence-corrected chi connectivity index (χ3v) is 3.77. The van der Waals surface area contributed by atoms with Crippen LogP contribution in [0.4, 0.5) is 5.82 Å².